The van der Waals surface area contributed by atoms with Crippen molar-refractivity contribution < 1.29 is 14.6 Å². The predicted molar refractivity (Wildman–Crippen MR) is 47.7 cm³/mol. The second-order valence-electron chi connectivity index (χ2n) is 2.57. The number of methoxy groups -OCH3 is 1. The van der Waals surface area contributed by atoms with Gasteiger partial charge in [0.2, 0.25) is 0 Å². The molecule has 1 N–H and O–H groups in total. The summed E-state index contributed by atoms with van der Waals surface area (Å²) in [6.45, 7) is 0. The van der Waals surface area contributed by atoms with Crippen molar-refractivity contribution >= 4 is 21.9 Å². The summed E-state index contributed by atoms with van der Waals surface area (Å²) in [4.78, 5) is 11.1. The van der Waals surface area contributed by atoms with Gasteiger partial charge >= 0.3 is 5.97 Å². The van der Waals surface area contributed by atoms with Gasteiger partial charge in [0, 0.05) is 6.42 Å². The normalized spacial score (nSPS) is 28.1. The highest BCUT2D eigenvalue weighted by atomic mass is 79.9. The summed E-state index contributed by atoms with van der Waals surface area (Å²) < 4.78 is 5.23. The summed E-state index contributed by atoms with van der Waals surface area (Å²) in [5.41, 5.74) is -1.50. The molecule has 0 heterocycles. The third-order valence-electron chi connectivity index (χ3n) is 1.63. The number of ether oxygens (including phenoxy) is 1. The molecule has 0 aliphatic heterocycles. The van der Waals surface area contributed by atoms with Gasteiger partial charge in [-0.05, 0) is 10.6 Å². The molecule has 0 aromatic heterocycles. The first-order valence-electron chi connectivity index (χ1n) is 3.43. The van der Waals surface area contributed by atoms with E-state index in [9.17, 15) is 9.90 Å². The van der Waals surface area contributed by atoms with E-state index in [2.05, 4.69) is 20.7 Å². The number of aliphatic hydroxyl groups is 1. The van der Waals surface area contributed by atoms with Gasteiger partial charge in [-0.15, -0.1) is 0 Å². The molecule has 0 saturated carbocycles. The van der Waals surface area contributed by atoms with E-state index < -0.39 is 11.6 Å². The number of hydrogen-bond donors (Lipinski definition) is 1. The molecular formula is C8H9BrO3. The Balaban J connectivity index is 2.82. The average Bonchev–Trinajstić information content (AvgIpc) is 2.02. The third kappa shape index (κ3) is 1.76. The second kappa shape index (κ2) is 3.41. The van der Waals surface area contributed by atoms with Crippen molar-refractivity contribution in [3.63, 3.8) is 0 Å². The Morgan fingerprint density at radius 2 is 2.50 bits per heavy atom. The molecule has 0 saturated heterocycles. The molecule has 0 bridgehead atoms. The summed E-state index contributed by atoms with van der Waals surface area (Å²) in [5, 5.41) is 9.68. The topological polar surface area (TPSA) is 46.5 Å². The van der Waals surface area contributed by atoms with E-state index in [0.717, 1.165) is 4.48 Å². The Bertz CT molecular complexity index is 257. The number of carbonyl (C=O) groups is 1. The molecule has 0 radical (unpaired) electrons. The SMILES string of the molecule is COC(=O)C1(O)C=CC=C(Br)C1. The van der Waals surface area contributed by atoms with Crippen LogP contribution in [0.1, 0.15) is 6.42 Å². The first kappa shape index (κ1) is 9.48. The van der Waals surface area contributed by atoms with Crippen LogP contribution in [0.25, 0.3) is 0 Å². The van der Waals surface area contributed by atoms with Gasteiger partial charge < -0.3 is 9.84 Å². The highest BCUT2D eigenvalue weighted by Gasteiger charge is 2.35. The number of halogens is 1. The summed E-state index contributed by atoms with van der Waals surface area (Å²) in [5.74, 6) is -0.635. The van der Waals surface area contributed by atoms with Crippen molar-refractivity contribution in [1.82, 2.24) is 0 Å². The van der Waals surface area contributed by atoms with Gasteiger partial charge in [-0.2, -0.15) is 0 Å². The van der Waals surface area contributed by atoms with Crippen molar-refractivity contribution in [1.29, 1.82) is 0 Å². The van der Waals surface area contributed by atoms with Crippen LogP contribution in [0.3, 0.4) is 0 Å². The maximum atomic E-state index is 11.1. The van der Waals surface area contributed by atoms with Crippen molar-refractivity contribution in [3.8, 4) is 0 Å². The van der Waals surface area contributed by atoms with Crippen LogP contribution in [0.5, 0.6) is 0 Å². The minimum absolute atomic E-state index is 0.232. The van der Waals surface area contributed by atoms with E-state index in [1.807, 2.05) is 0 Å². The monoisotopic (exact) mass is 232 g/mol. The second-order valence-corrected chi connectivity index (χ2v) is 3.58. The van der Waals surface area contributed by atoms with Crippen LogP contribution >= 0.6 is 15.9 Å². The fourth-order valence-corrected chi connectivity index (χ4v) is 1.58. The zero-order valence-corrected chi connectivity index (χ0v) is 8.17. The maximum Gasteiger partial charge on any atom is 0.342 e. The van der Waals surface area contributed by atoms with E-state index >= 15 is 0 Å². The zero-order valence-electron chi connectivity index (χ0n) is 6.58. The summed E-state index contributed by atoms with van der Waals surface area (Å²) in [7, 11) is 1.25. The molecule has 1 aliphatic carbocycles. The number of allylic oxidation sites excluding steroid dienone is 2. The number of hydrogen-bond acceptors (Lipinski definition) is 3. The molecule has 0 aromatic rings. The molecule has 1 aliphatic rings. The summed E-state index contributed by atoms with van der Waals surface area (Å²) >= 11 is 3.20. The Kier molecular flexibility index (Phi) is 2.69. The van der Waals surface area contributed by atoms with Crippen LogP contribution in [0.4, 0.5) is 0 Å². The van der Waals surface area contributed by atoms with Crippen molar-refractivity contribution in [2.45, 2.75) is 12.0 Å². The third-order valence-corrected chi connectivity index (χ3v) is 2.17. The molecule has 3 nitrogen and oxygen atoms in total. The van der Waals surface area contributed by atoms with Crippen molar-refractivity contribution in [3.05, 3.63) is 22.7 Å². The maximum absolute atomic E-state index is 11.1. The number of esters is 1. The molecule has 12 heavy (non-hydrogen) atoms. The van der Waals surface area contributed by atoms with Gasteiger partial charge in [0.15, 0.2) is 5.60 Å². The Morgan fingerprint density at radius 1 is 1.83 bits per heavy atom. The molecule has 1 rings (SSSR count). The highest BCUT2D eigenvalue weighted by molar-refractivity contribution is 9.11. The smallest absolute Gasteiger partial charge is 0.342 e. The molecule has 0 amide bonds. The van der Waals surface area contributed by atoms with Gasteiger partial charge in [-0.25, -0.2) is 4.79 Å². The molecule has 66 valence electrons. The van der Waals surface area contributed by atoms with Crippen molar-refractivity contribution in [2.75, 3.05) is 7.11 Å². The first-order valence-corrected chi connectivity index (χ1v) is 4.22. The van der Waals surface area contributed by atoms with Gasteiger partial charge in [0.1, 0.15) is 0 Å². The zero-order chi connectivity index (χ0) is 9.19. The highest BCUT2D eigenvalue weighted by Crippen LogP contribution is 2.27. The van der Waals surface area contributed by atoms with E-state index in [4.69, 9.17) is 0 Å². The molecular weight excluding hydrogens is 224 g/mol. The Labute approximate surface area is 78.8 Å². The molecule has 0 spiro atoms. The fourth-order valence-electron chi connectivity index (χ4n) is 1.00. The Hall–Kier alpha value is -0.610. The minimum atomic E-state index is -1.50. The first-order chi connectivity index (χ1) is 5.58. The van der Waals surface area contributed by atoms with Crippen LogP contribution in [-0.2, 0) is 9.53 Å². The molecule has 0 fully saturated rings. The quantitative estimate of drug-likeness (QED) is 0.690. The fraction of sp³-hybridized carbons (Fsp3) is 0.375. The summed E-state index contributed by atoms with van der Waals surface area (Å²) in [6.07, 6.45) is 5.04. The van der Waals surface area contributed by atoms with E-state index in [1.165, 1.54) is 13.2 Å². The molecule has 1 atom stereocenters. The standard InChI is InChI=1S/C8H9BrO3/c1-12-7(10)8(11)4-2-3-6(9)5-8/h2-4,11H,5H2,1H3. The summed E-state index contributed by atoms with van der Waals surface area (Å²) in [6, 6.07) is 0. The van der Waals surface area contributed by atoms with Crippen LogP contribution in [0, 0.1) is 0 Å². The molecule has 1 unspecified atom stereocenters. The van der Waals surface area contributed by atoms with Gasteiger partial charge in [0.05, 0.1) is 7.11 Å². The van der Waals surface area contributed by atoms with E-state index in [-0.39, 0.29) is 6.42 Å². The van der Waals surface area contributed by atoms with Gasteiger partial charge in [0.25, 0.3) is 0 Å². The van der Waals surface area contributed by atoms with Crippen molar-refractivity contribution in [2.24, 2.45) is 0 Å². The number of carbonyl (C=O) groups excluding carboxylic acids is 1. The van der Waals surface area contributed by atoms with E-state index in [1.54, 1.807) is 12.2 Å². The van der Waals surface area contributed by atoms with Gasteiger partial charge in [-0.1, -0.05) is 28.1 Å². The lowest BCUT2D eigenvalue weighted by Crippen LogP contribution is -2.38. The molecule has 0 aromatic carbocycles. The van der Waals surface area contributed by atoms with Crippen LogP contribution in [0.2, 0.25) is 0 Å². The van der Waals surface area contributed by atoms with Crippen LogP contribution < -0.4 is 0 Å². The lowest BCUT2D eigenvalue weighted by molar-refractivity contribution is -0.157. The lowest BCUT2D eigenvalue weighted by Gasteiger charge is -2.23. The van der Waals surface area contributed by atoms with Crippen LogP contribution in [0.15, 0.2) is 22.7 Å². The van der Waals surface area contributed by atoms with Gasteiger partial charge in [-0.3, -0.25) is 0 Å². The average molecular weight is 233 g/mol. The predicted octanol–water partition coefficient (Wildman–Crippen LogP) is 1.13. The Morgan fingerprint density at radius 3 is 3.00 bits per heavy atom. The van der Waals surface area contributed by atoms with E-state index in [0.29, 0.717) is 0 Å². The molecule has 4 heteroatoms. The lowest BCUT2D eigenvalue weighted by atomic mass is 9.96. The van der Waals surface area contributed by atoms with Crippen LogP contribution in [-0.4, -0.2) is 23.8 Å². The largest absolute Gasteiger partial charge is 0.467 e. The number of rotatable bonds is 1. The minimum Gasteiger partial charge on any atom is -0.467 e.